The van der Waals surface area contributed by atoms with Gasteiger partial charge in [0.05, 0.1) is 18.7 Å². The number of rotatable bonds is 11. The van der Waals surface area contributed by atoms with Crippen molar-refractivity contribution in [2.45, 2.75) is 64.0 Å². The smallest absolute Gasteiger partial charge is 0.222 e. The lowest BCUT2D eigenvalue weighted by Crippen LogP contribution is -2.47. The van der Waals surface area contributed by atoms with Crippen LogP contribution in [0.1, 0.15) is 56.1 Å². The molecule has 38 heavy (non-hydrogen) atoms. The van der Waals surface area contributed by atoms with Gasteiger partial charge in [-0.25, -0.2) is 0 Å². The van der Waals surface area contributed by atoms with Crippen LogP contribution in [-0.2, 0) is 11.3 Å². The number of carbonyl (C=O) groups is 1. The monoisotopic (exact) mass is 544 g/mol. The van der Waals surface area contributed by atoms with E-state index in [-0.39, 0.29) is 12.5 Å². The van der Waals surface area contributed by atoms with E-state index in [4.69, 9.17) is 25.8 Å². The molecule has 0 bridgehead atoms. The first-order valence-corrected chi connectivity index (χ1v) is 14.1. The van der Waals surface area contributed by atoms with Crippen molar-refractivity contribution >= 4 is 17.5 Å². The third kappa shape index (κ3) is 8.01. The first kappa shape index (κ1) is 28.5. The van der Waals surface area contributed by atoms with E-state index in [0.717, 1.165) is 75.3 Å². The Morgan fingerprint density at radius 1 is 0.974 bits per heavy atom. The number of hydrogen-bond acceptors (Lipinski definition) is 6. The second kappa shape index (κ2) is 13.5. The van der Waals surface area contributed by atoms with E-state index in [2.05, 4.69) is 11.0 Å². The maximum Gasteiger partial charge on any atom is 0.222 e. The highest BCUT2D eigenvalue weighted by Crippen LogP contribution is 2.31. The van der Waals surface area contributed by atoms with Gasteiger partial charge in [-0.15, -0.1) is 0 Å². The fourth-order valence-corrected chi connectivity index (χ4v) is 5.28. The molecule has 2 saturated heterocycles. The zero-order chi connectivity index (χ0) is 27.0. The van der Waals surface area contributed by atoms with E-state index in [1.165, 1.54) is 0 Å². The normalized spacial score (nSPS) is 18.2. The third-order valence-electron chi connectivity index (χ3n) is 7.51. The van der Waals surface area contributed by atoms with E-state index < -0.39 is 5.60 Å². The molecule has 2 heterocycles. The summed E-state index contributed by atoms with van der Waals surface area (Å²) in [4.78, 5) is 16.5. The van der Waals surface area contributed by atoms with E-state index in [1.807, 2.05) is 42.2 Å². The number of methoxy groups -OCH3 is 1. The Kier molecular flexibility index (Phi) is 10.2. The molecule has 8 heteroatoms. The predicted molar refractivity (Wildman–Crippen MR) is 149 cm³/mol. The highest BCUT2D eigenvalue weighted by Gasteiger charge is 2.33. The second-order valence-electron chi connectivity index (χ2n) is 10.6. The Balaban J connectivity index is 1.25. The summed E-state index contributed by atoms with van der Waals surface area (Å²) in [6.45, 7) is 6.65. The van der Waals surface area contributed by atoms with Crippen molar-refractivity contribution in [1.82, 2.24) is 9.80 Å². The van der Waals surface area contributed by atoms with Gasteiger partial charge in [-0.05, 0) is 74.4 Å². The van der Waals surface area contributed by atoms with Crippen LogP contribution in [0.15, 0.2) is 36.4 Å². The van der Waals surface area contributed by atoms with Crippen LogP contribution in [0.4, 0.5) is 0 Å². The van der Waals surface area contributed by atoms with Gasteiger partial charge in [0, 0.05) is 39.1 Å². The minimum atomic E-state index is -0.869. The van der Waals surface area contributed by atoms with E-state index in [1.54, 1.807) is 7.11 Å². The van der Waals surface area contributed by atoms with Gasteiger partial charge >= 0.3 is 0 Å². The minimum Gasteiger partial charge on any atom is -0.493 e. The van der Waals surface area contributed by atoms with Crippen molar-refractivity contribution in [2.24, 2.45) is 0 Å². The topological polar surface area (TPSA) is 71.5 Å². The van der Waals surface area contributed by atoms with Gasteiger partial charge in [0.25, 0.3) is 0 Å². The van der Waals surface area contributed by atoms with Crippen LogP contribution >= 0.6 is 11.6 Å². The Hall–Kier alpha value is -2.48. The van der Waals surface area contributed by atoms with Crippen molar-refractivity contribution in [1.29, 1.82) is 0 Å². The molecule has 2 fully saturated rings. The summed E-state index contributed by atoms with van der Waals surface area (Å²) in [6, 6.07) is 11.7. The van der Waals surface area contributed by atoms with Gasteiger partial charge in [0.2, 0.25) is 5.91 Å². The van der Waals surface area contributed by atoms with Gasteiger partial charge in [-0.3, -0.25) is 9.69 Å². The van der Waals surface area contributed by atoms with Crippen molar-refractivity contribution in [3.63, 3.8) is 0 Å². The van der Waals surface area contributed by atoms with Crippen LogP contribution < -0.4 is 14.2 Å². The molecule has 0 saturated carbocycles. The van der Waals surface area contributed by atoms with Crippen molar-refractivity contribution in [3.8, 4) is 17.2 Å². The van der Waals surface area contributed by atoms with Crippen LogP contribution in [-0.4, -0.2) is 72.9 Å². The van der Waals surface area contributed by atoms with Crippen molar-refractivity contribution < 1.29 is 24.1 Å². The Morgan fingerprint density at radius 2 is 1.79 bits per heavy atom. The average Bonchev–Trinajstić information content (AvgIpc) is 3.12. The van der Waals surface area contributed by atoms with Crippen molar-refractivity contribution in [3.05, 3.63) is 52.5 Å². The first-order chi connectivity index (χ1) is 18.3. The predicted octanol–water partition coefficient (Wildman–Crippen LogP) is 5.23. The Bertz CT molecular complexity index is 1070. The maximum absolute atomic E-state index is 12.2. The highest BCUT2D eigenvalue weighted by molar-refractivity contribution is 6.32. The van der Waals surface area contributed by atoms with Gasteiger partial charge in [-0.2, -0.15) is 0 Å². The number of carbonyl (C=O) groups excluding carboxylic acids is 1. The lowest BCUT2D eigenvalue weighted by Gasteiger charge is -2.38. The summed E-state index contributed by atoms with van der Waals surface area (Å²) in [6.07, 6.45) is 5.94. The number of halogens is 1. The number of ether oxygens (including phenoxy) is 3. The molecule has 1 amide bonds. The molecule has 0 unspecified atom stereocenters. The molecule has 0 spiro atoms. The SMILES string of the molecule is COc1ccc(CN2CCC(O)(COc3cc(C)ccc3Cl)CC2)cc1OCCCN1CCCCCC1=O. The fourth-order valence-electron chi connectivity index (χ4n) is 5.11. The molecular weight excluding hydrogens is 504 g/mol. The highest BCUT2D eigenvalue weighted by atomic mass is 35.5. The largest absolute Gasteiger partial charge is 0.493 e. The van der Waals surface area contributed by atoms with Crippen LogP contribution in [0.25, 0.3) is 0 Å². The van der Waals surface area contributed by atoms with E-state index in [0.29, 0.717) is 42.4 Å². The molecule has 1 N–H and O–H groups in total. The summed E-state index contributed by atoms with van der Waals surface area (Å²) in [7, 11) is 1.65. The van der Waals surface area contributed by atoms with Crippen LogP contribution in [0, 0.1) is 6.92 Å². The molecular formula is C30H41ClN2O5. The molecule has 0 aromatic heterocycles. The average molecular weight is 545 g/mol. The van der Waals surface area contributed by atoms with Crippen LogP contribution in [0.2, 0.25) is 5.02 Å². The molecule has 0 atom stereocenters. The summed E-state index contributed by atoms with van der Waals surface area (Å²) >= 11 is 6.24. The van der Waals surface area contributed by atoms with Gasteiger partial charge in [0.1, 0.15) is 18.0 Å². The fraction of sp³-hybridized carbons (Fsp3) is 0.567. The standard InChI is InChI=1S/C30H41ClN2O5/c1-23-8-10-25(31)27(19-23)38-22-30(35)12-16-32(17-13-30)21-24-9-11-26(36-2)28(20-24)37-18-6-15-33-14-5-3-4-7-29(33)34/h8-11,19-20,35H,3-7,12-18,21-22H2,1-2H3. The molecule has 2 aromatic rings. The van der Waals surface area contributed by atoms with Gasteiger partial charge in [0.15, 0.2) is 11.5 Å². The van der Waals surface area contributed by atoms with Crippen LogP contribution in [0.3, 0.4) is 0 Å². The molecule has 0 radical (unpaired) electrons. The number of aliphatic hydroxyl groups is 1. The Labute approximate surface area is 231 Å². The summed E-state index contributed by atoms with van der Waals surface area (Å²) in [5.74, 6) is 2.32. The van der Waals surface area contributed by atoms with Gasteiger partial charge < -0.3 is 24.2 Å². The number of nitrogens with zero attached hydrogens (tertiary/aromatic N) is 2. The molecule has 2 aromatic carbocycles. The molecule has 7 nitrogen and oxygen atoms in total. The summed E-state index contributed by atoms with van der Waals surface area (Å²) < 4.78 is 17.5. The zero-order valence-corrected chi connectivity index (χ0v) is 23.5. The summed E-state index contributed by atoms with van der Waals surface area (Å²) in [5.41, 5.74) is 1.34. The second-order valence-corrected chi connectivity index (χ2v) is 11.0. The van der Waals surface area contributed by atoms with Crippen molar-refractivity contribution in [2.75, 3.05) is 46.5 Å². The third-order valence-corrected chi connectivity index (χ3v) is 7.82. The molecule has 2 aliphatic rings. The molecule has 2 aliphatic heterocycles. The lowest BCUT2D eigenvalue weighted by atomic mass is 9.92. The number of amides is 1. The Morgan fingerprint density at radius 3 is 2.58 bits per heavy atom. The molecule has 0 aliphatic carbocycles. The molecule has 4 rings (SSSR count). The van der Waals surface area contributed by atoms with E-state index >= 15 is 0 Å². The maximum atomic E-state index is 12.2. The number of likely N-dealkylation sites (tertiary alicyclic amines) is 2. The lowest BCUT2D eigenvalue weighted by molar-refractivity contribution is -0.130. The number of piperidine rings is 1. The van der Waals surface area contributed by atoms with Crippen LogP contribution in [0.5, 0.6) is 17.2 Å². The van der Waals surface area contributed by atoms with Gasteiger partial charge in [-0.1, -0.05) is 30.2 Å². The molecule has 208 valence electrons. The number of aryl methyl sites for hydroxylation is 1. The van der Waals surface area contributed by atoms with E-state index in [9.17, 15) is 9.90 Å². The number of hydrogen-bond donors (Lipinski definition) is 1. The quantitative estimate of drug-likeness (QED) is 0.390. The first-order valence-electron chi connectivity index (χ1n) is 13.8. The summed E-state index contributed by atoms with van der Waals surface area (Å²) in [5, 5.41) is 11.6. The number of benzene rings is 2. The minimum absolute atomic E-state index is 0.230. The zero-order valence-electron chi connectivity index (χ0n) is 22.7.